The lowest BCUT2D eigenvalue weighted by atomic mass is 9.94. The zero-order chi connectivity index (χ0) is 13.7. The van der Waals surface area contributed by atoms with Crippen molar-refractivity contribution in [1.82, 2.24) is 0 Å². The molecule has 0 aliphatic carbocycles. The van der Waals surface area contributed by atoms with Crippen LogP contribution in [0.4, 0.5) is 0 Å². The molecular weight excluding hydrogens is 273 g/mol. The number of carbonyl (C=O) groups is 1. The van der Waals surface area contributed by atoms with Gasteiger partial charge in [0.05, 0.1) is 7.11 Å². The van der Waals surface area contributed by atoms with Crippen LogP contribution >= 0.6 is 23.2 Å². The molecular formula is C13H17Cl2NO2. The molecule has 100 valence electrons. The molecule has 0 aliphatic heterocycles. The predicted molar refractivity (Wildman–Crippen MR) is 73.8 cm³/mol. The lowest BCUT2D eigenvalue weighted by Gasteiger charge is -2.18. The van der Waals surface area contributed by atoms with Crippen LogP contribution in [-0.2, 0) is 9.53 Å². The minimum atomic E-state index is -0.225. The van der Waals surface area contributed by atoms with E-state index in [2.05, 4.69) is 4.74 Å². The smallest absolute Gasteiger partial charge is 0.305 e. The molecule has 0 fully saturated rings. The Kier molecular flexibility index (Phi) is 5.93. The molecule has 0 amide bonds. The maximum absolute atomic E-state index is 11.1. The van der Waals surface area contributed by atoms with Crippen LogP contribution in [-0.4, -0.2) is 13.1 Å². The molecule has 0 radical (unpaired) electrons. The van der Waals surface area contributed by atoms with E-state index in [0.717, 1.165) is 5.56 Å². The summed E-state index contributed by atoms with van der Waals surface area (Å²) in [6.07, 6.45) is 1.02. The summed E-state index contributed by atoms with van der Waals surface area (Å²) in [7, 11) is 1.38. The number of esters is 1. The number of carbonyl (C=O) groups excluding carboxylic acids is 1. The zero-order valence-corrected chi connectivity index (χ0v) is 12.0. The van der Waals surface area contributed by atoms with Gasteiger partial charge in [0, 0.05) is 22.5 Å². The average molecular weight is 290 g/mol. The molecule has 0 spiro atoms. The van der Waals surface area contributed by atoms with Gasteiger partial charge in [-0.05, 0) is 30.0 Å². The third kappa shape index (κ3) is 4.48. The SMILES string of the molecule is COC(=O)CC(C)CC(N)c1ccc(Cl)cc1Cl. The second kappa shape index (κ2) is 6.98. The Morgan fingerprint density at radius 3 is 2.67 bits per heavy atom. The van der Waals surface area contributed by atoms with Gasteiger partial charge in [-0.25, -0.2) is 0 Å². The summed E-state index contributed by atoms with van der Waals surface area (Å²) < 4.78 is 4.62. The molecule has 2 atom stereocenters. The van der Waals surface area contributed by atoms with Gasteiger partial charge in [0.25, 0.3) is 0 Å². The monoisotopic (exact) mass is 289 g/mol. The van der Waals surface area contributed by atoms with Crippen molar-refractivity contribution in [2.24, 2.45) is 11.7 Å². The van der Waals surface area contributed by atoms with Crippen LogP contribution in [0, 0.1) is 5.92 Å². The van der Waals surface area contributed by atoms with Crippen molar-refractivity contribution < 1.29 is 9.53 Å². The first-order valence-corrected chi connectivity index (χ1v) is 6.47. The van der Waals surface area contributed by atoms with E-state index in [9.17, 15) is 4.79 Å². The predicted octanol–water partition coefficient (Wildman–Crippen LogP) is 3.58. The van der Waals surface area contributed by atoms with Crippen LogP contribution in [0.3, 0.4) is 0 Å². The summed E-state index contributed by atoms with van der Waals surface area (Å²) in [5.41, 5.74) is 6.93. The largest absolute Gasteiger partial charge is 0.469 e. The van der Waals surface area contributed by atoms with Crippen LogP contribution in [0.1, 0.15) is 31.4 Å². The Hall–Kier alpha value is -0.770. The van der Waals surface area contributed by atoms with Crippen molar-refractivity contribution in [3.8, 4) is 0 Å². The van der Waals surface area contributed by atoms with Gasteiger partial charge in [0.2, 0.25) is 0 Å². The molecule has 0 saturated carbocycles. The fourth-order valence-electron chi connectivity index (χ4n) is 1.81. The topological polar surface area (TPSA) is 52.3 Å². The Labute approximate surface area is 117 Å². The lowest BCUT2D eigenvalue weighted by molar-refractivity contribution is -0.141. The van der Waals surface area contributed by atoms with Gasteiger partial charge in [-0.1, -0.05) is 36.2 Å². The number of rotatable bonds is 5. The average Bonchev–Trinajstić information content (AvgIpc) is 2.28. The molecule has 1 aromatic carbocycles. The Bertz CT molecular complexity index is 423. The van der Waals surface area contributed by atoms with E-state index in [1.807, 2.05) is 13.0 Å². The van der Waals surface area contributed by atoms with Crippen LogP contribution in [0.25, 0.3) is 0 Å². The second-order valence-corrected chi connectivity index (χ2v) is 5.24. The Morgan fingerprint density at radius 1 is 1.44 bits per heavy atom. The second-order valence-electron chi connectivity index (χ2n) is 4.39. The van der Waals surface area contributed by atoms with E-state index < -0.39 is 0 Å². The molecule has 0 heterocycles. The number of benzene rings is 1. The first-order chi connectivity index (χ1) is 8.43. The van der Waals surface area contributed by atoms with Crippen LogP contribution < -0.4 is 5.73 Å². The molecule has 2 unspecified atom stereocenters. The number of methoxy groups -OCH3 is 1. The van der Waals surface area contributed by atoms with E-state index in [0.29, 0.717) is 22.9 Å². The van der Waals surface area contributed by atoms with E-state index in [-0.39, 0.29) is 17.9 Å². The summed E-state index contributed by atoms with van der Waals surface area (Å²) in [6, 6.07) is 5.03. The van der Waals surface area contributed by atoms with Gasteiger partial charge >= 0.3 is 5.97 Å². The highest BCUT2D eigenvalue weighted by Crippen LogP contribution is 2.29. The van der Waals surface area contributed by atoms with E-state index >= 15 is 0 Å². The first-order valence-electron chi connectivity index (χ1n) is 5.71. The fraction of sp³-hybridized carbons (Fsp3) is 0.462. The van der Waals surface area contributed by atoms with Gasteiger partial charge in [-0.15, -0.1) is 0 Å². The summed E-state index contributed by atoms with van der Waals surface area (Å²) >= 11 is 11.9. The van der Waals surface area contributed by atoms with Gasteiger partial charge in [-0.2, -0.15) is 0 Å². The molecule has 1 aromatic rings. The highest BCUT2D eigenvalue weighted by molar-refractivity contribution is 6.35. The molecule has 0 aromatic heterocycles. The van der Waals surface area contributed by atoms with Crippen LogP contribution in [0.5, 0.6) is 0 Å². The van der Waals surface area contributed by atoms with E-state index in [4.69, 9.17) is 28.9 Å². The van der Waals surface area contributed by atoms with Crippen molar-refractivity contribution >= 4 is 29.2 Å². The molecule has 0 bridgehead atoms. The fourth-order valence-corrected chi connectivity index (χ4v) is 2.36. The van der Waals surface area contributed by atoms with Gasteiger partial charge in [0.1, 0.15) is 0 Å². The standard InChI is InChI=1S/C13H17Cl2NO2/c1-8(6-13(17)18-2)5-12(16)10-4-3-9(14)7-11(10)15/h3-4,7-8,12H,5-6,16H2,1-2H3. The van der Waals surface area contributed by atoms with Crippen LogP contribution in [0.2, 0.25) is 10.0 Å². The number of hydrogen-bond donors (Lipinski definition) is 1. The lowest BCUT2D eigenvalue weighted by Crippen LogP contribution is -2.17. The minimum Gasteiger partial charge on any atom is -0.469 e. The van der Waals surface area contributed by atoms with Gasteiger partial charge < -0.3 is 10.5 Å². The number of ether oxygens (including phenoxy) is 1. The Morgan fingerprint density at radius 2 is 2.11 bits per heavy atom. The maximum atomic E-state index is 11.1. The molecule has 0 saturated heterocycles. The number of halogens is 2. The van der Waals surface area contributed by atoms with Crippen molar-refractivity contribution in [2.45, 2.75) is 25.8 Å². The van der Waals surface area contributed by atoms with Crippen molar-refractivity contribution in [3.63, 3.8) is 0 Å². The normalized spacial score (nSPS) is 14.1. The van der Waals surface area contributed by atoms with Gasteiger partial charge in [0.15, 0.2) is 0 Å². The third-order valence-corrected chi connectivity index (χ3v) is 3.32. The quantitative estimate of drug-likeness (QED) is 0.843. The first kappa shape index (κ1) is 15.3. The third-order valence-electron chi connectivity index (χ3n) is 2.76. The summed E-state index contributed by atoms with van der Waals surface area (Å²) in [4.78, 5) is 11.1. The molecule has 2 N–H and O–H groups in total. The number of nitrogens with two attached hydrogens (primary N) is 1. The van der Waals surface area contributed by atoms with Crippen LogP contribution in [0.15, 0.2) is 18.2 Å². The van der Waals surface area contributed by atoms with E-state index in [1.54, 1.807) is 12.1 Å². The van der Waals surface area contributed by atoms with Crippen molar-refractivity contribution in [1.29, 1.82) is 0 Å². The Balaban J connectivity index is 2.64. The molecule has 5 heteroatoms. The zero-order valence-electron chi connectivity index (χ0n) is 10.5. The molecule has 0 aliphatic rings. The highest BCUT2D eigenvalue weighted by Gasteiger charge is 2.16. The van der Waals surface area contributed by atoms with E-state index in [1.165, 1.54) is 7.11 Å². The van der Waals surface area contributed by atoms with Gasteiger partial charge in [-0.3, -0.25) is 4.79 Å². The molecule has 3 nitrogen and oxygen atoms in total. The number of hydrogen-bond acceptors (Lipinski definition) is 3. The molecule has 1 rings (SSSR count). The van der Waals surface area contributed by atoms with Crippen molar-refractivity contribution in [2.75, 3.05) is 7.11 Å². The summed E-state index contributed by atoms with van der Waals surface area (Å²) in [5.74, 6) is -0.0869. The maximum Gasteiger partial charge on any atom is 0.305 e. The van der Waals surface area contributed by atoms with Crippen molar-refractivity contribution in [3.05, 3.63) is 33.8 Å². The highest BCUT2D eigenvalue weighted by atomic mass is 35.5. The summed E-state index contributed by atoms with van der Waals surface area (Å²) in [6.45, 7) is 1.96. The minimum absolute atomic E-state index is 0.138. The summed E-state index contributed by atoms with van der Waals surface area (Å²) in [5, 5.41) is 1.14. The molecule has 18 heavy (non-hydrogen) atoms.